The van der Waals surface area contributed by atoms with Crippen LogP contribution >= 0.6 is 0 Å². The molecule has 186 valence electrons. The Labute approximate surface area is 192 Å². The van der Waals surface area contributed by atoms with Gasteiger partial charge in [0.05, 0.1) is 37.1 Å². The monoisotopic (exact) mass is 490 g/mol. The number of anilines is 1. The van der Waals surface area contributed by atoms with Crippen LogP contribution in [0.4, 0.5) is 18.9 Å². The van der Waals surface area contributed by atoms with Crippen LogP contribution in [-0.4, -0.2) is 56.2 Å². The van der Waals surface area contributed by atoms with Crippen LogP contribution in [-0.2, 0) is 27.2 Å². The van der Waals surface area contributed by atoms with Crippen LogP contribution in [0.2, 0.25) is 25.7 Å². The lowest BCUT2D eigenvalue weighted by atomic mass is 10.2. The molecule has 0 saturated carbocycles. The van der Waals surface area contributed by atoms with Gasteiger partial charge in [-0.05, 0) is 37.5 Å². The van der Waals surface area contributed by atoms with E-state index in [1.165, 1.54) is 4.90 Å². The SMILES string of the molecule is C/C(=C\C(=O)[O-])COC[C@@H]1CCCN1c1cnn(COCC[Si](C)(C)C)c(=O)c1C(F)(F)F. The molecular weight excluding hydrogens is 459 g/mol. The molecular formula is C21H31F3N3O5Si-. The van der Waals surface area contributed by atoms with Crippen molar-refractivity contribution in [1.29, 1.82) is 0 Å². The van der Waals surface area contributed by atoms with Gasteiger partial charge in [0.2, 0.25) is 0 Å². The van der Waals surface area contributed by atoms with Gasteiger partial charge < -0.3 is 24.3 Å². The first-order chi connectivity index (χ1) is 15.3. The van der Waals surface area contributed by atoms with Crippen molar-refractivity contribution in [2.75, 3.05) is 31.3 Å². The lowest BCUT2D eigenvalue weighted by molar-refractivity contribution is -0.297. The van der Waals surface area contributed by atoms with Gasteiger partial charge in [-0.2, -0.15) is 18.3 Å². The molecule has 33 heavy (non-hydrogen) atoms. The molecule has 0 aromatic carbocycles. The van der Waals surface area contributed by atoms with Gasteiger partial charge in [0.15, 0.2) is 0 Å². The Balaban J connectivity index is 2.18. The van der Waals surface area contributed by atoms with Gasteiger partial charge in [-0.3, -0.25) is 4.79 Å². The molecule has 1 saturated heterocycles. The third-order valence-corrected chi connectivity index (χ3v) is 6.91. The number of aromatic nitrogens is 2. The van der Waals surface area contributed by atoms with Crippen LogP contribution in [0.3, 0.4) is 0 Å². The molecule has 0 radical (unpaired) electrons. The number of carbonyl (C=O) groups excluding carboxylic acids is 1. The van der Waals surface area contributed by atoms with Crippen LogP contribution in [0.15, 0.2) is 22.6 Å². The summed E-state index contributed by atoms with van der Waals surface area (Å²) >= 11 is 0. The van der Waals surface area contributed by atoms with E-state index in [0.29, 0.717) is 36.2 Å². The third kappa shape index (κ3) is 8.27. The molecule has 2 heterocycles. The summed E-state index contributed by atoms with van der Waals surface area (Å²) in [5, 5.41) is 14.5. The van der Waals surface area contributed by atoms with E-state index in [-0.39, 0.29) is 25.6 Å². The second kappa shape index (κ2) is 11.3. The maximum atomic E-state index is 13.9. The summed E-state index contributed by atoms with van der Waals surface area (Å²) in [7, 11) is -1.38. The summed E-state index contributed by atoms with van der Waals surface area (Å²) in [6.45, 7) is 8.42. The lowest BCUT2D eigenvalue weighted by Crippen LogP contribution is -2.39. The highest BCUT2D eigenvalue weighted by atomic mass is 28.3. The summed E-state index contributed by atoms with van der Waals surface area (Å²) in [6.07, 6.45) is -1.70. The number of carboxylic acids is 1. The van der Waals surface area contributed by atoms with Crippen molar-refractivity contribution in [1.82, 2.24) is 9.78 Å². The Morgan fingerprint density at radius 1 is 1.33 bits per heavy atom. The molecule has 1 aliphatic heterocycles. The molecule has 1 atom stereocenters. The molecule has 2 rings (SSSR count). The number of rotatable bonds is 11. The second-order valence-corrected chi connectivity index (χ2v) is 15.0. The van der Waals surface area contributed by atoms with Crippen LogP contribution in [0.25, 0.3) is 0 Å². The molecule has 12 heteroatoms. The fraction of sp³-hybridized carbons (Fsp3) is 0.667. The van der Waals surface area contributed by atoms with Crippen molar-refractivity contribution in [2.24, 2.45) is 0 Å². The number of ether oxygens (including phenoxy) is 2. The normalized spacial score (nSPS) is 17.6. The van der Waals surface area contributed by atoms with Crippen molar-refractivity contribution < 1.29 is 32.5 Å². The van der Waals surface area contributed by atoms with Crippen molar-refractivity contribution in [3.8, 4) is 0 Å². The topological polar surface area (TPSA) is 96.7 Å². The molecule has 0 unspecified atom stereocenters. The number of hydrogen-bond donors (Lipinski definition) is 0. The molecule has 8 nitrogen and oxygen atoms in total. The van der Waals surface area contributed by atoms with Gasteiger partial charge in [0, 0.05) is 21.2 Å². The number of carbonyl (C=O) groups is 1. The zero-order valence-corrected chi connectivity index (χ0v) is 20.4. The van der Waals surface area contributed by atoms with Gasteiger partial charge in [-0.1, -0.05) is 19.6 Å². The van der Waals surface area contributed by atoms with E-state index >= 15 is 0 Å². The van der Waals surface area contributed by atoms with Crippen LogP contribution < -0.4 is 15.6 Å². The highest BCUT2D eigenvalue weighted by molar-refractivity contribution is 6.76. The fourth-order valence-electron chi connectivity index (χ4n) is 3.51. The Kier molecular flexibility index (Phi) is 9.26. The molecule has 1 aliphatic rings. The number of nitrogens with zero attached hydrogens (tertiary/aromatic N) is 3. The number of halogens is 3. The Hall–Kier alpha value is -2.18. The Morgan fingerprint density at radius 3 is 2.64 bits per heavy atom. The third-order valence-electron chi connectivity index (χ3n) is 5.21. The van der Waals surface area contributed by atoms with Crippen LogP contribution in [0.1, 0.15) is 25.3 Å². The summed E-state index contributed by atoms with van der Waals surface area (Å²) < 4.78 is 53.3. The summed E-state index contributed by atoms with van der Waals surface area (Å²) in [4.78, 5) is 24.8. The summed E-state index contributed by atoms with van der Waals surface area (Å²) in [6, 6.07) is 0.422. The molecule has 1 aromatic heterocycles. The van der Waals surface area contributed by atoms with E-state index in [1.807, 2.05) is 0 Å². The largest absolute Gasteiger partial charge is 0.545 e. The Morgan fingerprint density at radius 2 is 2.03 bits per heavy atom. The van der Waals surface area contributed by atoms with E-state index in [4.69, 9.17) is 9.47 Å². The van der Waals surface area contributed by atoms with E-state index in [1.54, 1.807) is 6.92 Å². The quantitative estimate of drug-likeness (QED) is 0.267. The van der Waals surface area contributed by atoms with Gasteiger partial charge in [-0.15, -0.1) is 0 Å². The summed E-state index contributed by atoms with van der Waals surface area (Å²) in [5.74, 6) is -1.34. The summed E-state index contributed by atoms with van der Waals surface area (Å²) in [5.41, 5.74) is -2.37. The standard InChI is InChI=1S/C21H32F3N3O5Si/c1-15(10-18(28)29)12-32-13-16-6-5-7-26(16)17-11-25-27(14-31-8-9-33(2,3)4)20(30)19(17)21(22,23)24/h10-11,16H,5-9,12-14H2,1-4H3,(H,28,29)/p-1/b15-10+/t16-/m0/s1. The van der Waals surface area contributed by atoms with Gasteiger partial charge >= 0.3 is 6.18 Å². The van der Waals surface area contributed by atoms with Crippen molar-refractivity contribution in [3.05, 3.63) is 33.8 Å². The minimum Gasteiger partial charge on any atom is -0.545 e. The zero-order valence-electron chi connectivity index (χ0n) is 19.4. The molecule has 1 fully saturated rings. The minimum absolute atomic E-state index is 0.0130. The average molecular weight is 491 g/mol. The molecule has 0 amide bonds. The minimum atomic E-state index is -4.86. The lowest BCUT2D eigenvalue weighted by Gasteiger charge is -2.29. The van der Waals surface area contributed by atoms with E-state index in [2.05, 4.69) is 24.7 Å². The van der Waals surface area contributed by atoms with Crippen LogP contribution in [0.5, 0.6) is 0 Å². The smallest absolute Gasteiger partial charge is 0.423 e. The van der Waals surface area contributed by atoms with Gasteiger partial charge in [0.25, 0.3) is 5.56 Å². The highest BCUT2D eigenvalue weighted by Crippen LogP contribution is 2.36. The predicted molar refractivity (Wildman–Crippen MR) is 118 cm³/mol. The maximum absolute atomic E-state index is 13.9. The van der Waals surface area contributed by atoms with Crippen molar-refractivity contribution >= 4 is 19.7 Å². The first-order valence-electron chi connectivity index (χ1n) is 10.8. The maximum Gasteiger partial charge on any atom is 0.423 e. The molecule has 0 spiro atoms. The number of hydrogen-bond acceptors (Lipinski definition) is 7. The molecule has 1 aromatic rings. The predicted octanol–water partition coefficient (Wildman–Crippen LogP) is 2.26. The number of aliphatic carboxylic acids is 1. The van der Waals surface area contributed by atoms with Crippen molar-refractivity contribution in [2.45, 2.75) is 64.4 Å². The molecule has 0 bridgehead atoms. The van der Waals surface area contributed by atoms with Gasteiger partial charge in [0.1, 0.15) is 12.3 Å². The van der Waals surface area contributed by atoms with Crippen molar-refractivity contribution in [3.63, 3.8) is 0 Å². The van der Waals surface area contributed by atoms with Crippen LogP contribution in [0, 0.1) is 0 Å². The molecule has 0 aliphatic carbocycles. The van der Waals surface area contributed by atoms with E-state index < -0.39 is 37.4 Å². The zero-order chi connectivity index (χ0) is 24.8. The van der Waals surface area contributed by atoms with E-state index in [9.17, 15) is 27.9 Å². The Bertz CT molecular complexity index is 912. The number of carboxylic acid groups (broad SMARTS) is 1. The highest BCUT2D eigenvalue weighted by Gasteiger charge is 2.41. The molecule has 0 N–H and O–H groups in total. The number of alkyl halides is 3. The van der Waals surface area contributed by atoms with E-state index in [0.717, 1.165) is 18.3 Å². The first kappa shape index (κ1) is 27.1. The average Bonchev–Trinajstić information content (AvgIpc) is 3.12. The van der Waals surface area contributed by atoms with Gasteiger partial charge in [-0.25, -0.2) is 4.68 Å². The fourth-order valence-corrected chi connectivity index (χ4v) is 4.27. The first-order valence-corrected chi connectivity index (χ1v) is 14.5. The second-order valence-electron chi connectivity index (χ2n) is 9.37.